The van der Waals surface area contributed by atoms with Crippen LogP contribution in [0.1, 0.15) is 43.4 Å². The second-order valence-corrected chi connectivity index (χ2v) is 8.87. The van der Waals surface area contributed by atoms with Crippen molar-refractivity contribution in [3.8, 4) is 0 Å². The van der Waals surface area contributed by atoms with Crippen LogP contribution in [-0.4, -0.2) is 60.2 Å². The number of hydrogen-bond acceptors (Lipinski definition) is 4. The lowest BCUT2D eigenvalue weighted by Gasteiger charge is -2.27. The molecule has 0 aromatic heterocycles. The van der Waals surface area contributed by atoms with Crippen LogP contribution in [0, 0.1) is 13.8 Å². The Balaban J connectivity index is 0.000000420. The SMILES string of the molecule is CCOC(=O)CCC[N+]1=CC(NC(=O)C2=CCN=C2c2cccc(C)c2)C1C.Cc1ccccc1. The number of ether oxygens (including phenoxy) is 1. The first-order chi connectivity index (χ1) is 16.9. The zero-order valence-electron chi connectivity index (χ0n) is 21.2. The fraction of sp³-hybridized carbons (Fsp3) is 0.379. The molecule has 0 spiro atoms. The lowest BCUT2D eigenvalue weighted by Crippen LogP contribution is -2.58. The second-order valence-electron chi connectivity index (χ2n) is 8.87. The number of amides is 1. The number of nitrogens with zero attached hydrogens (tertiary/aromatic N) is 2. The Hall–Kier alpha value is -3.54. The molecule has 0 saturated carbocycles. The van der Waals surface area contributed by atoms with Gasteiger partial charge in [-0.3, -0.25) is 14.6 Å². The van der Waals surface area contributed by atoms with E-state index in [0.29, 0.717) is 25.1 Å². The van der Waals surface area contributed by atoms with Crippen LogP contribution < -0.4 is 5.32 Å². The van der Waals surface area contributed by atoms with E-state index in [4.69, 9.17) is 4.74 Å². The van der Waals surface area contributed by atoms with E-state index in [2.05, 4.69) is 46.9 Å². The summed E-state index contributed by atoms with van der Waals surface area (Å²) in [6.45, 7) is 9.74. The van der Waals surface area contributed by atoms with Crippen LogP contribution in [-0.2, 0) is 14.3 Å². The summed E-state index contributed by atoms with van der Waals surface area (Å²) in [5, 5.41) is 3.09. The molecule has 6 heteroatoms. The maximum Gasteiger partial charge on any atom is 0.306 e. The van der Waals surface area contributed by atoms with Gasteiger partial charge in [-0.2, -0.15) is 0 Å². The van der Waals surface area contributed by atoms with Gasteiger partial charge in [-0.15, -0.1) is 0 Å². The molecule has 35 heavy (non-hydrogen) atoms. The number of esters is 1. The van der Waals surface area contributed by atoms with E-state index in [-0.39, 0.29) is 24.0 Å². The van der Waals surface area contributed by atoms with Gasteiger partial charge >= 0.3 is 5.97 Å². The second kappa shape index (κ2) is 12.8. The minimum absolute atomic E-state index is 0.00430. The predicted octanol–water partition coefficient (Wildman–Crippen LogP) is 4.03. The molecule has 0 saturated heterocycles. The zero-order valence-corrected chi connectivity index (χ0v) is 21.2. The molecule has 6 nitrogen and oxygen atoms in total. The zero-order chi connectivity index (χ0) is 25.2. The molecule has 0 radical (unpaired) electrons. The van der Waals surface area contributed by atoms with E-state index in [1.807, 2.05) is 62.5 Å². The average Bonchev–Trinajstić information content (AvgIpc) is 3.34. The quantitative estimate of drug-likeness (QED) is 0.464. The Bertz CT molecular complexity index is 1120. The van der Waals surface area contributed by atoms with Gasteiger partial charge < -0.3 is 10.1 Å². The van der Waals surface area contributed by atoms with Crippen molar-refractivity contribution in [1.29, 1.82) is 0 Å². The first kappa shape index (κ1) is 26.1. The van der Waals surface area contributed by atoms with Gasteiger partial charge in [-0.05, 0) is 39.8 Å². The molecule has 0 fully saturated rings. The molecule has 4 rings (SSSR count). The van der Waals surface area contributed by atoms with Crippen molar-refractivity contribution in [2.45, 2.75) is 52.6 Å². The van der Waals surface area contributed by atoms with Crippen LogP contribution in [0.3, 0.4) is 0 Å². The normalized spacial score (nSPS) is 18.2. The highest BCUT2D eigenvalue weighted by Gasteiger charge is 2.38. The summed E-state index contributed by atoms with van der Waals surface area (Å²) in [7, 11) is 0. The summed E-state index contributed by atoms with van der Waals surface area (Å²) in [6, 6.07) is 18.5. The van der Waals surface area contributed by atoms with E-state index >= 15 is 0 Å². The third kappa shape index (κ3) is 7.47. The van der Waals surface area contributed by atoms with Gasteiger partial charge in [0.15, 0.2) is 18.3 Å². The number of carbonyl (C=O) groups is 2. The molecule has 1 N–H and O–H groups in total. The van der Waals surface area contributed by atoms with E-state index in [0.717, 1.165) is 29.8 Å². The topological polar surface area (TPSA) is 70.8 Å². The molecule has 2 aliphatic rings. The molecule has 2 aliphatic heterocycles. The summed E-state index contributed by atoms with van der Waals surface area (Å²) < 4.78 is 7.10. The van der Waals surface area contributed by atoms with Crippen molar-refractivity contribution in [2.75, 3.05) is 19.7 Å². The number of rotatable bonds is 8. The molecule has 2 atom stereocenters. The van der Waals surface area contributed by atoms with Crippen molar-refractivity contribution >= 4 is 23.8 Å². The molecule has 184 valence electrons. The van der Waals surface area contributed by atoms with Gasteiger partial charge in [0.1, 0.15) is 6.54 Å². The molecule has 2 heterocycles. The van der Waals surface area contributed by atoms with Crippen molar-refractivity contribution < 1.29 is 18.9 Å². The lowest BCUT2D eigenvalue weighted by molar-refractivity contribution is -0.586. The van der Waals surface area contributed by atoms with Crippen LogP contribution >= 0.6 is 0 Å². The van der Waals surface area contributed by atoms with Gasteiger partial charge in [0.2, 0.25) is 0 Å². The number of aryl methyl sites for hydroxylation is 2. The molecule has 2 aromatic carbocycles. The molecular formula is C29H36N3O3+. The Morgan fingerprint density at radius 1 is 1.09 bits per heavy atom. The van der Waals surface area contributed by atoms with Gasteiger partial charge in [-0.1, -0.05) is 59.7 Å². The Kier molecular flexibility index (Phi) is 9.53. The monoisotopic (exact) mass is 474 g/mol. The fourth-order valence-corrected chi connectivity index (χ4v) is 4.06. The summed E-state index contributed by atoms with van der Waals surface area (Å²) in [4.78, 5) is 28.7. The standard InChI is InChI=1S/C22H27N3O3.C7H8/c1-4-28-20(26)9-6-12-25-14-19(16(25)3)24-22(27)18-10-11-23-21(18)17-8-5-7-15(2)13-17;1-7-5-3-2-4-6-7/h5,7-8,10,13-14,16,19H,4,6,9,11-12H2,1-3H3;2-6H,1H3/p+1. The van der Waals surface area contributed by atoms with Crippen molar-refractivity contribution in [2.24, 2.45) is 4.99 Å². The molecule has 0 aliphatic carbocycles. The van der Waals surface area contributed by atoms with Gasteiger partial charge in [-0.25, -0.2) is 4.58 Å². The highest BCUT2D eigenvalue weighted by atomic mass is 16.5. The van der Waals surface area contributed by atoms with E-state index in [1.165, 1.54) is 5.56 Å². The molecule has 1 amide bonds. The summed E-state index contributed by atoms with van der Waals surface area (Å²) in [6.07, 6.45) is 5.07. The number of hydrogen-bond donors (Lipinski definition) is 1. The molecule has 2 unspecified atom stereocenters. The van der Waals surface area contributed by atoms with Crippen molar-refractivity contribution in [3.63, 3.8) is 0 Å². The highest BCUT2D eigenvalue weighted by molar-refractivity contribution is 6.29. The average molecular weight is 475 g/mol. The van der Waals surface area contributed by atoms with Crippen LogP contribution in [0.15, 0.2) is 71.2 Å². The Labute approximate surface area is 208 Å². The van der Waals surface area contributed by atoms with Gasteiger partial charge in [0, 0.05) is 12.0 Å². The number of nitrogens with one attached hydrogen (secondary N) is 1. The summed E-state index contributed by atoms with van der Waals surface area (Å²) in [5.41, 5.74) is 4.85. The Morgan fingerprint density at radius 3 is 2.46 bits per heavy atom. The molecule has 0 bridgehead atoms. The van der Waals surface area contributed by atoms with Gasteiger partial charge in [0.25, 0.3) is 5.91 Å². The molecular weight excluding hydrogens is 438 g/mol. The smallest absolute Gasteiger partial charge is 0.306 e. The van der Waals surface area contributed by atoms with E-state index in [9.17, 15) is 9.59 Å². The van der Waals surface area contributed by atoms with Gasteiger partial charge in [0.05, 0.1) is 30.9 Å². The van der Waals surface area contributed by atoms with E-state index < -0.39 is 0 Å². The predicted molar refractivity (Wildman–Crippen MR) is 140 cm³/mol. The number of benzene rings is 2. The lowest BCUT2D eigenvalue weighted by atomic mass is 9.99. The minimum Gasteiger partial charge on any atom is -0.466 e. The van der Waals surface area contributed by atoms with E-state index in [1.54, 1.807) is 0 Å². The fourth-order valence-electron chi connectivity index (χ4n) is 4.06. The highest BCUT2D eigenvalue weighted by Crippen LogP contribution is 2.18. The largest absolute Gasteiger partial charge is 0.466 e. The van der Waals surface area contributed by atoms with Crippen LogP contribution in [0.4, 0.5) is 0 Å². The van der Waals surface area contributed by atoms with Crippen LogP contribution in [0.5, 0.6) is 0 Å². The first-order valence-corrected chi connectivity index (χ1v) is 12.3. The minimum atomic E-state index is -0.156. The van der Waals surface area contributed by atoms with Crippen molar-refractivity contribution in [3.05, 3.63) is 82.9 Å². The number of aliphatic imine (C=N–C) groups is 1. The molecule has 2 aromatic rings. The van der Waals surface area contributed by atoms with Crippen LogP contribution in [0.2, 0.25) is 0 Å². The maximum absolute atomic E-state index is 12.8. The van der Waals surface area contributed by atoms with Crippen molar-refractivity contribution in [1.82, 2.24) is 5.32 Å². The summed E-state index contributed by atoms with van der Waals surface area (Å²) >= 11 is 0. The van der Waals surface area contributed by atoms with Crippen LogP contribution in [0.25, 0.3) is 0 Å². The number of carbonyl (C=O) groups excluding carboxylic acids is 2. The third-order valence-corrected chi connectivity index (χ3v) is 6.07. The summed E-state index contributed by atoms with van der Waals surface area (Å²) in [5.74, 6) is -0.242. The maximum atomic E-state index is 12.8. The third-order valence-electron chi connectivity index (χ3n) is 6.07. The first-order valence-electron chi connectivity index (χ1n) is 12.3. The Morgan fingerprint density at radius 2 is 1.83 bits per heavy atom.